The molecule has 56 heavy (non-hydrogen) atoms. The van der Waals surface area contributed by atoms with Crippen LogP contribution in [0.4, 0.5) is 18.0 Å². The maximum Gasteiger partial charge on any atom is 0.411 e. The van der Waals surface area contributed by atoms with Crippen molar-refractivity contribution in [3.8, 4) is 11.8 Å². The fourth-order valence-corrected chi connectivity index (χ4v) is 9.34. The minimum Gasteiger partial charge on any atom is -0.481 e. The molecule has 2 aromatic rings. The summed E-state index contributed by atoms with van der Waals surface area (Å²) in [4.78, 5) is 61.7. The Bertz CT molecular complexity index is 2020. The summed E-state index contributed by atoms with van der Waals surface area (Å²) in [6.07, 6.45) is -2.76. The molecule has 306 valence electrons. The van der Waals surface area contributed by atoms with Gasteiger partial charge in [0, 0.05) is 23.8 Å². The van der Waals surface area contributed by atoms with Crippen molar-refractivity contribution in [2.45, 2.75) is 113 Å². The van der Waals surface area contributed by atoms with Gasteiger partial charge in [-0.25, -0.2) is 13.2 Å². The molecule has 2 aliphatic carbocycles. The Labute approximate surface area is 323 Å². The predicted molar refractivity (Wildman–Crippen MR) is 197 cm³/mol. The van der Waals surface area contributed by atoms with Gasteiger partial charge in [0.1, 0.15) is 29.3 Å². The van der Waals surface area contributed by atoms with Gasteiger partial charge in [0.15, 0.2) is 0 Å². The zero-order chi connectivity index (χ0) is 41.0. The number of aromatic nitrogens is 1. The van der Waals surface area contributed by atoms with Crippen molar-refractivity contribution < 1.29 is 55.3 Å². The van der Waals surface area contributed by atoms with E-state index in [1.54, 1.807) is 42.5 Å². The molecule has 14 nitrogen and oxygen atoms in total. The number of ether oxygens (including phenoxy) is 2. The monoisotopic (exact) mass is 807 g/mol. The first kappa shape index (κ1) is 41.0. The normalized spacial score (nSPS) is 29.5. The topological polar surface area (TPSA) is 185 Å². The van der Waals surface area contributed by atoms with Crippen LogP contribution in [0, 0.1) is 17.8 Å². The number of hydrogen-bond donors (Lipinski definition) is 3. The van der Waals surface area contributed by atoms with Gasteiger partial charge in [0.2, 0.25) is 33.6 Å². The molecule has 0 unspecified atom stereocenters. The van der Waals surface area contributed by atoms with Gasteiger partial charge in [0.05, 0.1) is 18.9 Å². The summed E-state index contributed by atoms with van der Waals surface area (Å²) in [7, 11) is -2.60. The fraction of sp³-hybridized carbons (Fsp3) is 0.605. The van der Waals surface area contributed by atoms with E-state index in [2.05, 4.69) is 15.0 Å². The van der Waals surface area contributed by atoms with E-state index in [1.165, 1.54) is 14.0 Å². The number of carbonyl (C=O) groups excluding carboxylic acids is 3. The molecule has 3 heterocycles. The van der Waals surface area contributed by atoms with Crippen molar-refractivity contribution >= 4 is 44.6 Å². The number of benzene rings is 1. The lowest BCUT2D eigenvalue weighted by atomic mass is 9.85. The highest BCUT2D eigenvalue weighted by Crippen LogP contribution is 2.47. The molecular formula is C38H48F3N5O9S. The van der Waals surface area contributed by atoms with Crippen LogP contribution in [0.2, 0.25) is 0 Å². The summed E-state index contributed by atoms with van der Waals surface area (Å²) >= 11 is 0. The molecule has 1 aromatic carbocycles. The minimum atomic E-state index is -5.09. The van der Waals surface area contributed by atoms with Gasteiger partial charge in [-0.2, -0.15) is 18.2 Å². The maximum atomic E-state index is 14.9. The number of carbonyl (C=O) groups is 4. The van der Waals surface area contributed by atoms with Gasteiger partial charge in [-0.3, -0.25) is 24.0 Å². The number of methoxy groups -OCH3 is 1. The van der Waals surface area contributed by atoms with Gasteiger partial charge in [0.25, 0.3) is 5.91 Å². The highest BCUT2D eigenvalue weighted by atomic mass is 32.2. The van der Waals surface area contributed by atoms with E-state index in [1.807, 2.05) is 6.92 Å². The van der Waals surface area contributed by atoms with Crippen LogP contribution in [-0.2, 0) is 24.4 Å². The van der Waals surface area contributed by atoms with Crippen molar-refractivity contribution in [1.29, 1.82) is 0 Å². The van der Waals surface area contributed by atoms with Crippen LogP contribution in [0.15, 0.2) is 42.5 Å². The number of carboxylic acid groups (broad SMARTS) is 1. The third kappa shape index (κ3) is 7.98. The Kier molecular flexibility index (Phi) is 11.0. The molecular weight excluding hydrogens is 760 g/mol. The Morgan fingerprint density at radius 3 is 2.45 bits per heavy atom. The summed E-state index contributed by atoms with van der Waals surface area (Å²) < 4.78 is 83.5. The molecule has 1 aromatic heterocycles. The van der Waals surface area contributed by atoms with E-state index < -0.39 is 86.4 Å². The van der Waals surface area contributed by atoms with Crippen LogP contribution in [0.25, 0.3) is 10.8 Å². The number of alkyl halides is 3. The number of allylic oxidation sites excluding steroid dienone is 1. The van der Waals surface area contributed by atoms with E-state index in [9.17, 15) is 45.9 Å². The Morgan fingerprint density at radius 2 is 1.80 bits per heavy atom. The number of rotatable bonds is 8. The molecule has 3 fully saturated rings. The lowest BCUT2D eigenvalue weighted by Gasteiger charge is -2.45. The minimum absolute atomic E-state index is 0.0589. The molecule has 2 saturated carbocycles. The third-order valence-corrected chi connectivity index (χ3v) is 13.3. The second-order valence-electron chi connectivity index (χ2n) is 16.1. The predicted octanol–water partition coefficient (Wildman–Crippen LogP) is 4.78. The Balaban J connectivity index is 1.43. The van der Waals surface area contributed by atoms with Crippen molar-refractivity contribution in [3.05, 3.63) is 42.5 Å². The van der Waals surface area contributed by atoms with Gasteiger partial charge < -0.3 is 24.8 Å². The highest BCUT2D eigenvalue weighted by molar-refractivity contribution is 7.91. The molecule has 7 atom stereocenters. The fourth-order valence-electron chi connectivity index (χ4n) is 7.98. The van der Waals surface area contributed by atoms with Crippen LogP contribution in [0.1, 0.15) is 72.6 Å². The number of hydrogen-bond acceptors (Lipinski definition) is 9. The van der Waals surface area contributed by atoms with Crippen LogP contribution in [0.3, 0.4) is 0 Å². The van der Waals surface area contributed by atoms with Crippen LogP contribution < -0.4 is 19.5 Å². The highest BCUT2D eigenvalue weighted by Gasteiger charge is 2.63. The molecule has 6 rings (SSSR count). The summed E-state index contributed by atoms with van der Waals surface area (Å²) in [6.45, 7) is 4.39. The average molecular weight is 808 g/mol. The average Bonchev–Trinajstić information content (AvgIpc) is 4.04. The summed E-state index contributed by atoms with van der Waals surface area (Å²) in [5, 5.41) is 13.7. The summed E-state index contributed by atoms with van der Waals surface area (Å²) in [6, 6.07) is 5.40. The summed E-state index contributed by atoms with van der Waals surface area (Å²) in [5.74, 6) is -4.29. The zero-order valence-corrected chi connectivity index (χ0v) is 32.7. The van der Waals surface area contributed by atoms with Crippen LogP contribution in [0.5, 0.6) is 11.8 Å². The zero-order valence-electron chi connectivity index (χ0n) is 31.8. The molecule has 4 aliphatic rings. The van der Waals surface area contributed by atoms with E-state index in [0.29, 0.717) is 50.3 Å². The lowest BCUT2D eigenvalue weighted by Crippen LogP contribution is -2.66. The number of amides is 4. The molecule has 0 spiro atoms. The molecule has 1 saturated heterocycles. The van der Waals surface area contributed by atoms with E-state index in [0.717, 1.165) is 4.90 Å². The molecule has 0 bridgehead atoms. The van der Waals surface area contributed by atoms with Gasteiger partial charge in [-0.15, -0.1) is 0 Å². The van der Waals surface area contributed by atoms with Crippen molar-refractivity contribution in [2.75, 3.05) is 13.7 Å². The first-order valence-corrected chi connectivity index (χ1v) is 20.3. The van der Waals surface area contributed by atoms with Crippen LogP contribution in [-0.4, -0.2) is 106 Å². The quantitative estimate of drug-likeness (QED) is 0.314. The number of pyridine rings is 1. The lowest BCUT2D eigenvalue weighted by molar-refractivity contribution is -0.222. The van der Waals surface area contributed by atoms with Crippen molar-refractivity contribution in [2.24, 2.45) is 17.8 Å². The van der Waals surface area contributed by atoms with E-state index in [-0.39, 0.29) is 48.4 Å². The smallest absolute Gasteiger partial charge is 0.411 e. The SMILES string of the molecule is COc1cc2ccccc2c(O[C@@H]2C[C@H]3C(=O)N[C@]4(C(=O)NS(=O)(=O)C5CC5)C[C@H]4/C=C\CC[C@H](C)C[C@@H](C)[C@H](N(C(=O)O)C(C)(C)C(F)(F)F)C(=O)N3C2)n1. The second kappa shape index (κ2) is 15.0. The first-order valence-electron chi connectivity index (χ1n) is 18.7. The number of nitrogens with zero attached hydrogens (tertiary/aromatic N) is 3. The molecule has 3 N–H and O–H groups in total. The molecule has 4 amide bonds. The Morgan fingerprint density at radius 1 is 1.11 bits per heavy atom. The second-order valence-corrected chi connectivity index (χ2v) is 18.1. The maximum absolute atomic E-state index is 14.9. The standard InChI is InChI=1S/C38H48F3N5O9S/c1-21-10-6-8-12-24-19-37(24,34(49)44-56(52,53)26-14-15-26)43-31(47)28-18-25(55-32-27-13-9-7-11-23(27)17-29(42-32)54-5)20-45(28)33(48)30(22(2)16-21)46(35(50)51)36(3,4)38(39,40)41/h7-9,11-13,17,21-22,24-26,28,30H,6,10,14-16,18-20H2,1-5H3,(H,43,47)(H,44,49)(H,50,51)/b12-8-/t21-,22+,24+,25+,28-,30-,37+/m0/s1. The van der Waals surface area contributed by atoms with E-state index >= 15 is 0 Å². The first-order chi connectivity index (χ1) is 26.2. The number of fused-ring (bicyclic) bond motifs is 3. The third-order valence-electron chi connectivity index (χ3n) is 11.5. The molecule has 18 heteroatoms. The number of halogens is 3. The Hall–Kier alpha value is -4.61. The van der Waals surface area contributed by atoms with Crippen molar-refractivity contribution in [3.63, 3.8) is 0 Å². The molecule has 0 radical (unpaired) electrons. The van der Waals surface area contributed by atoms with Gasteiger partial charge >= 0.3 is 12.3 Å². The van der Waals surface area contributed by atoms with Gasteiger partial charge in [-0.05, 0) is 75.7 Å². The molecule has 2 aliphatic heterocycles. The van der Waals surface area contributed by atoms with Gasteiger partial charge in [-0.1, -0.05) is 44.2 Å². The number of sulfonamides is 1. The van der Waals surface area contributed by atoms with Crippen molar-refractivity contribution in [1.82, 2.24) is 24.8 Å². The summed E-state index contributed by atoms with van der Waals surface area (Å²) in [5.41, 5.74) is -4.73. The van der Waals surface area contributed by atoms with E-state index in [4.69, 9.17) is 9.47 Å². The largest absolute Gasteiger partial charge is 0.481 e. The van der Waals surface area contributed by atoms with Crippen LogP contribution >= 0.6 is 0 Å². The number of nitrogens with one attached hydrogen (secondary N) is 2.